The van der Waals surface area contributed by atoms with Crippen LogP contribution in [0.5, 0.6) is 0 Å². The number of nitrogens with zero attached hydrogens (tertiary/aromatic N) is 2. The highest BCUT2D eigenvalue weighted by Gasteiger charge is 2.32. The minimum Gasteiger partial charge on any atom is -0.364 e. The van der Waals surface area contributed by atoms with Crippen molar-refractivity contribution in [1.29, 1.82) is 5.26 Å². The molecule has 0 bridgehead atoms. The molecule has 0 amide bonds. The second kappa shape index (κ2) is 5.09. The maximum absolute atomic E-state index is 13.7. The SMILES string of the molecule is C[C@@H](Nc1nc(Cl)c(C#N)cc1F)[C@@H](N)C1CC1. The monoisotopic (exact) mass is 268 g/mol. The lowest BCUT2D eigenvalue weighted by atomic mass is 10.1. The van der Waals surface area contributed by atoms with Gasteiger partial charge in [-0.2, -0.15) is 5.26 Å². The Hall–Kier alpha value is -1.38. The summed E-state index contributed by atoms with van der Waals surface area (Å²) in [7, 11) is 0. The average Bonchev–Trinajstić information content (AvgIpc) is 3.16. The van der Waals surface area contributed by atoms with E-state index in [9.17, 15) is 4.39 Å². The van der Waals surface area contributed by atoms with Crippen LogP contribution in [0.25, 0.3) is 0 Å². The van der Waals surface area contributed by atoms with Gasteiger partial charge in [0.2, 0.25) is 0 Å². The second-order valence-corrected chi connectivity index (χ2v) is 4.97. The minimum absolute atomic E-state index is 0.00593. The first-order valence-electron chi connectivity index (χ1n) is 5.81. The van der Waals surface area contributed by atoms with Crippen LogP contribution >= 0.6 is 11.6 Å². The molecule has 1 aliphatic carbocycles. The average molecular weight is 269 g/mol. The van der Waals surface area contributed by atoms with Crippen molar-refractivity contribution >= 4 is 17.4 Å². The van der Waals surface area contributed by atoms with Crippen molar-refractivity contribution in [2.24, 2.45) is 11.7 Å². The van der Waals surface area contributed by atoms with Crippen LogP contribution in [-0.2, 0) is 0 Å². The Morgan fingerprint density at radius 2 is 2.33 bits per heavy atom. The van der Waals surface area contributed by atoms with Gasteiger partial charge < -0.3 is 11.1 Å². The molecule has 0 saturated heterocycles. The van der Waals surface area contributed by atoms with Crippen molar-refractivity contribution in [2.75, 3.05) is 5.32 Å². The Balaban J connectivity index is 2.13. The summed E-state index contributed by atoms with van der Waals surface area (Å²) in [5.41, 5.74) is 6.04. The van der Waals surface area contributed by atoms with E-state index in [-0.39, 0.29) is 28.6 Å². The molecular formula is C12H14ClFN4. The van der Waals surface area contributed by atoms with Crippen LogP contribution in [0.3, 0.4) is 0 Å². The zero-order valence-electron chi connectivity index (χ0n) is 9.95. The first-order chi connectivity index (χ1) is 8.52. The number of hydrogen-bond donors (Lipinski definition) is 2. The van der Waals surface area contributed by atoms with E-state index >= 15 is 0 Å². The fraction of sp³-hybridized carbons (Fsp3) is 0.500. The third kappa shape index (κ3) is 2.71. The van der Waals surface area contributed by atoms with Crippen LogP contribution in [-0.4, -0.2) is 17.1 Å². The van der Waals surface area contributed by atoms with Gasteiger partial charge >= 0.3 is 0 Å². The van der Waals surface area contributed by atoms with E-state index in [4.69, 9.17) is 22.6 Å². The lowest BCUT2D eigenvalue weighted by Gasteiger charge is -2.21. The molecule has 2 rings (SSSR count). The summed E-state index contributed by atoms with van der Waals surface area (Å²) < 4.78 is 13.7. The van der Waals surface area contributed by atoms with Crippen molar-refractivity contribution < 1.29 is 4.39 Å². The van der Waals surface area contributed by atoms with Gasteiger partial charge in [0.15, 0.2) is 11.6 Å². The van der Waals surface area contributed by atoms with E-state index in [2.05, 4.69) is 10.3 Å². The van der Waals surface area contributed by atoms with E-state index in [0.29, 0.717) is 5.92 Å². The predicted molar refractivity (Wildman–Crippen MR) is 67.7 cm³/mol. The molecule has 4 nitrogen and oxygen atoms in total. The number of pyridine rings is 1. The molecule has 6 heteroatoms. The van der Waals surface area contributed by atoms with Gasteiger partial charge in [-0.3, -0.25) is 0 Å². The van der Waals surface area contributed by atoms with E-state index in [1.54, 1.807) is 6.07 Å². The summed E-state index contributed by atoms with van der Waals surface area (Å²) in [5.74, 6) is -0.0437. The summed E-state index contributed by atoms with van der Waals surface area (Å²) in [6.45, 7) is 1.89. The Bertz CT molecular complexity index is 496. The molecule has 3 N–H and O–H groups in total. The third-order valence-corrected chi connectivity index (χ3v) is 3.45. The molecule has 2 atom stereocenters. The van der Waals surface area contributed by atoms with Gasteiger partial charge in [-0.15, -0.1) is 0 Å². The largest absolute Gasteiger partial charge is 0.364 e. The van der Waals surface area contributed by atoms with Crippen LogP contribution in [0.1, 0.15) is 25.3 Å². The van der Waals surface area contributed by atoms with Crippen molar-refractivity contribution in [1.82, 2.24) is 4.98 Å². The topological polar surface area (TPSA) is 74.7 Å². The van der Waals surface area contributed by atoms with Crippen molar-refractivity contribution in [2.45, 2.75) is 31.8 Å². The van der Waals surface area contributed by atoms with Crippen LogP contribution < -0.4 is 11.1 Å². The van der Waals surface area contributed by atoms with Gasteiger partial charge in [0, 0.05) is 12.1 Å². The standard InChI is InChI=1S/C12H14ClFN4/c1-6(10(16)7-2-3-7)17-12-9(14)4-8(5-15)11(13)18-12/h4,6-7,10H,2-3,16H2,1H3,(H,17,18)/t6-,10-/m1/s1. The van der Waals surface area contributed by atoms with Crippen LogP contribution in [0.2, 0.25) is 5.15 Å². The molecule has 1 saturated carbocycles. The summed E-state index contributed by atoms with van der Waals surface area (Å²) in [6, 6.07) is 2.74. The Morgan fingerprint density at radius 1 is 1.67 bits per heavy atom. The fourth-order valence-electron chi connectivity index (χ4n) is 1.85. The van der Waals surface area contributed by atoms with Crippen molar-refractivity contribution in [3.05, 3.63) is 22.6 Å². The van der Waals surface area contributed by atoms with Gasteiger partial charge in [0.25, 0.3) is 0 Å². The van der Waals surface area contributed by atoms with Gasteiger partial charge in [0.1, 0.15) is 11.2 Å². The number of nitriles is 1. The molecule has 18 heavy (non-hydrogen) atoms. The molecule has 0 aliphatic heterocycles. The van der Waals surface area contributed by atoms with Crippen molar-refractivity contribution in [3.8, 4) is 6.07 Å². The second-order valence-electron chi connectivity index (χ2n) is 4.62. The van der Waals surface area contributed by atoms with Gasteiger partial charge in [0.05, 0.1) is 5.56 Å². The predicted octanol–water partition coefficient (Wildman–Crippen LogP) is 2.28. The normalized spacial score (nSPS) is 17.9. The third-order valence-electron chi connectivity index (χ3n) is 3.16. The smallest absolute Gasteiger partial charge is 0.166 e. The molecule has 1 aromatic rings. The number of anilines is 1. The van der Waals surface area contributed by atoms with E-state index in [0.717, 1.165) is 18.9 Å². The number of aromatic nitrogens is 1. The van der Waals surface area contributed by atoms with Gasteiger partial charge in [-0.1, -0.05) is 11.6 Å². The molecule has 0 unspecified atom stereocenters. The molecular weight excluding hydrogens is 255 g/mol. The van der Waals surface area contributed by atoms with E-state index in [1.807, 2.05) is 6.92 Å². The number of rotatable bonds is 4. The molecule has 0 aromatic carbocycles. The Kier molecular flexibility index (Phi) is 3.69. The molecule has 1 aliphatic rings. The first-order valence-corrected chi connectivity index (χ1v) is 6.19. The molecule has 1 fully saturated rings. The fourth-order valence-corrected chi connectivity index (χ4v) is 2.03. The number of nitrogens with two attached hydrogens (primary N) is 1. The highest BCUT2D eigenvalue weighted by molar-refractivity contribution is 6.30. The van der Waals surface area contributed by atoms with E-state index in [1.165, 1.54) is 0 Å². The van der Waals surface area contributed by atoms with Gasteiger partial charge in [-0.05, 0) is 31.7 Å². The summed E-state index contributed by atoms with van der Waals surface area (Å²) in [6.07, 6.45) is 2.24. The summed E-state index contributed by atoms with van der Waals surface area (Å²) in [4.78, 5) is 3.85. The lowest BCUT2D eigenvalue weighted by molar-refractivity contribution is 0.523. The maximum Gasteiger partial charge on any atom is 0.166 e. The van der Waals surface area contributed by atoms with Gasteiger partial charge in [-0.25, -0.2) is 9.37 Å². The van der Waals surface area contributed by atoms with Crippen LogP contribution in [0.15, 0.2) is 6.07 Å². The zero-order valence-corrected chi connectivity index (χ0v) is 10.7. The Labute approximate surface area is 110 Å². The highest BCUT2D eigenvalue weighted by atomic mass is 35.5. The first kappa shape index (κ1) is 13.1. The minimum atomic E-state index is -0.592. The van der Waals surface area contributed by atoms with Crippen LogP contribution in [0.4, 0.5) is 10.2 Å². The Morgan fingerprint density at radius 3 is 2.89 bits per heavy atom. The molecule has 96 valence electrons. The van der Waals surface area contributed by atoms with E-state index < -0.39 is 5.82 Å². The molecule has 0 radical (unpaired) electrons. The molecule has 1 aromatic heterocycles. The quantitative estimate of drug-likeness (QED) is 0.822. The summed E-state index contributed by atoms with van der Waals surface area (Å²) >= 11 is 5.77. The maximum atomic E-state index is 13.7. The molecule has 1 heterocycles. The van der Waals surface area contributed by atoms with Crippen molar-refractivity contribution in [3.63, 3.8) is 0 Å². The highest BCUT2D eigenvalue weighted by Crippen LogP contribution is 2.33. The number of hydrogen-bond acceptors (Lipinski definition) is 4. The summed E-state index contributed by atoms with van der Waals surface area (Å²) in [5, 5.41) is 11.6. The molecule has 0 spiro atoms. The van der Waals surface area contributed by atoms with Crippen LogP contribution in [0, 0.1) is 23.1 Å². The zero-order chi connectivity index (χ0) is 13.3. The number of nitrogens with one attached hydrogen (secondary N) is 1. The lowest BCUT2D eigenvalue weighted by Crippen LogP contribution is -2.40. The number of halogens is 2.